The summed E-state index contributed by atoms with van der Waals surface area (Å²) in [6.07, 6.45) is 4.42. The molecule has 6 heteroatoms. The van der Waals surface area contributed by atoms with Crippen LogP contribution in [0.25, 0.3) is 0 Å². The Kier molecular flexibility index (Phi) is 4.91. The molecule has 1 saturated carbocycles. The Morgan fingerprint density at radius 3 is 2.85 bits per heavy atom. The summed E-state index contributed by atoms with van der Waals surface area (Å²) in [5.41, 5.74) is 4.12. The number of aryl methyl sites for hydroxylation is 2. The lowest BCUT2D eigenvalue weighted by atomic mass is 10.1. The highest BCUT2D eigenvalue weighted by Gasteiger charge is 2.48. The van der Waals surface area contributed by atoms with Gasteiger partial charge in [-0.3, -0.25) is 14.6 Å². The molecule has 3 unspecified atom stereocenters. The van der Waals surface area contributed by atoms with Crippen LogP contribution in [-0.2, 0) is 9.59 Å². The molecule has 1 aliphatic carbocycles. The summed E-state index contributed by atoms with van der Waals surface area (Å²) in [7, 11) is 0. The first-order valence-corrected chi connectivity index (χ1v) is 10.4. The highest BCUT2D eigenvalue weighted by molar-refractivity contribution is 7.99. The number of anilines is 1. The second kappa shape index (κ2) is 7.35. The third-order valence-corrected chi connectivity index (χ3v) is 6.34. The molecule has 0 radical (unpaired) electrons. The number of benzene rings is 1. The lowest BCUT2D eigenvalue weighted by Crippen LogP contribution is -2.45. The molecule has 2 heterocycles. The molecule has 3 atom stereocenters. The first kappa shape index (κ1) is 18.0. The highest BCUT2D eigenvalue weighted by atomic mass is 32.2. The number of pyridine rings is 1. The standard InChI is InChI=1S/C21H23N3O2S/c1-13-5-6-18(14(2)8-13)23-20(25)19-11-27-12-24(19)21(26)17-9-16(17)15-4-3-7-22-10-15/h3-8,10,16-17,19H,9,11-12H2,1-2H3,(H,23,25). The Bertz CT molecular complexity index is 871. The second-order valence-corrected chi connectivity index (χ2v) is 8.37. The second-order valence-electron chi connectivity index (χ2n) is 7.37. The first-order valence-electron chi connectivity index (χ1n) is 9.21. The van der Waals surface area contributed by atoms with Crippen LogP contribution in [0.15, 0.2) is 42.7 Å². The van der Waals surface area contributed by atoms with Gasteiger partial charge in [-0.2, -0.15) is 0 Å². The molecular formula is C21H23N3O2S. The summed E-state index contributed by atoms with van der Waals surface area (Å²) < 4.78 is 0. The quantitative estimate of drug-likeness (QED) is 0.882. The van der Waals surface area contributed by atoms with Gasteiger partial charge in [-0.15, -0.1) is 11.8 Å². The fraction of sp³-hybridized carbons (Fsp3) is 0.381. The number of aromatic nitrogens is 1. The number of nitrogens with one attached hydrogen (secondary N) is 1. The summed E-state index contributed by atoms with van der Waals surface area (Å²) in [6.45, 7) is 4.01. The van der Waals surface area contributed by atoms with Crippen molar-refractivity contribution in [3.63, 3.8) is 0 Å². The van der Waals surface area contributed by atoms with Crippen LogP contribution in [0.1, 0.15) is 29.0 Å². The number of nitrogens with zero attached hydrogens (tertiary/aromatic N) is 2. The molecule has 2 fully saturated rings. The largest absolute Gasteiger partial charge is 0.324 e. The van der Waals surface area contributed by atoms with Gasteiger partial charge in [0, 0.05) is 29.8 Å². The molecule has 0 bridgehead atoms. The lowest BCUT2D eigenvalue weighted by Gasteiger charge is -2.23. The van der Waals surface area contributed by atoms with Gasteiger partial charge in [0.2, 0.25) is 11.8 Å². The Morgan fingerprint density at radius 1 is 1.26 bits per heavy atom. The molecule has 1 aromatic carbocycles. The van der Waals surface area contributed by atoms with E-state index in [0.717, 1.165) is 28.8 Å². The zero-order valence-electron chi connectivity index (χ0n) is 15.5. The van der Waals surface area contributed by atoms with Crippen molar-refractivity contribution >= 4 is 29.3 Å². The van der Waals surface area contributed by atoms with Crippen molar-refractivity contribution in [2.75, 3.05) is 16.9 Å². The van der Waals surface area contributed by atoms with Gasteiger partial charge in [0.05, 0.1) is 5.88 Å². The molecular weight excluding hydrogens is 358 g/mol. The topological polar surface area (TPSA) is 62.3 Å². The Balaban J connectivity index is 1.43. The lowest BCUT2D eigenvalue weighted by molar-refractivity contribution is -0.137. The van der Waals surface area contributed by atoms with Gasteiger partial charge >= 0.3 is 0 Å². The number of hydrogen-bond donors (Lipinski definition) is 1. The zero-order valence-corrected chi connectivity index (χ0v) is 16.3. The van der Waals surface area contributed by atoms with Gasteiger partial charge in [-0.05, 0) is 49.4 Å². The van der Waals surface area contributed by atoms with E-state index in [1.54, 1.807) is 22.9 Å². The molecule has 140 valence electrons. The fourth-order valence-electron chi connectivity index (χ4n) is 3.69. The molecule has 2 aromatic rings. The molecule has 2 amide bonds. The van der Waals surface area contributed by atoms with Gasteiger partial charge < -0.3 is 10.2 Å². The van der Waals surface area contributed by atoms with Crippen LogP contribution in [0.5, 0.6) is 0 Å². The Labute approximate surface area is 163 Å². The minimum atomic E-state index is -0.404. The minimum absolute atomic E-state index is 0.0238. The predicted molar refractivity (Wildman–Crippen MR) is 108 cm³/mol. The average molecular weight is 382 g/mol. The fourth-order valence-corrected chi connectivity index (χ4v) is 4.86. The maximum atomic E-state index is 13.0. The molecule has 27 heavy (non-hydrogen) atoms. The SMILES string of the molecule is Cc1ccc(NC(=O)C2CSCN2C(=O)C2CC2c2cccnc2)c(C)c1. The van der Waals surface area contributed by atoms with Crippen LogP contribution < -0.4 is 5.32 Å². The van der Waals surface area contributed by atoms with E-state index in [4.69, 9.17) is 0 Å². The van der Waals surface area contributed by atoms with E-state index < -0.39 is 6.04 Å². The molecule has 2 aliphatic rings. The van der Waals surface area contributed by atoms with E-state index in [-0.39, 0.29) is 23.7 Å². The summed E-state index contributed by atoms with van der Waals surface area (Å²) in [6, 6.07) is 9.48. The van der Waals surface area contributed by atoms with Crippen molar-refractivity contribution in [2.24, 2.45) is 5.92 Å². The number of carbonyl (C=O) groups is 2. The molecule has 4 rings (SSSR count). The van der Waals surface area contributed by atoms with Crippen LogP contribution in [0.2, 0.25) is 0 Å². The van der Waals surface area contributed by atoms with E-state index in [2.05, 4.69) is 10.3 Å². The molecule has 1 N–H and O–H groups in total. The monoisotopic (exact) mass is 381 g/mol. The van der Waals surface area contributed by atoms with Crippen molar-refractivity contribution in [3.8, 4) is 0 Å². The summed E-state index contributed by atoms with van der Waals surface area (Å²) >= 11 is 1.64. The Hall–Kier alpha value is -2.34. The van der Waals surface area contributed by atoms with Crippen LogP contribution in [0.3, 0.4) is 0 Å². The van der Waals surface area contributed by atoms with Gasteiger partial charge in [-0.1, -0.05) is 23.8 Å². The number of thioether (sulfide) groups is 1. The van der Waals surface area contributed by atoms with E-state index in [1.165, 1.54) is 0 Å². The van der Waals surface area contributed by atoms with Gasteiger partial charge in [0.15, 0.2) is 0 Å². The highest BCUT2D eigenvalue weighted by Crippen LogP contribution is 2.49. The molecule has 5 nitrogen and oxygen atoms in total. The summed E-state index contributed by atoms with van der Waals surface area (Å²) in [5, 5.41) is 3.01. The van der Waals surface area contributed by atoms with Crippen LogP contribution in [0.4, 0.5) is 5.69 Å². The van der Waals surface area contributed by atoms with Gasteiger partial charge in [0.25, 0.3) is 0 Å². The van der Waals surface area contributed by atoms with Crippen molar-refractivity contribution in [1.82, 2.24) is 9.88 Å². The third-order valence-electron chi connectivity index (χ3n) is 5.33. The van der Waals surface area contributed by atoms with Crippen molar-refractivity contribution in [2.45, 2.75) is 32.2 Å². The third kappa shape index (κ3) is 3.72. The minimum Gasteiger partial charge on any atom is -0.324 e. The summed E-state index contributed by atoms with van der Waals surface area (Å²) in [5.74, 6) is 1.44. The van der Waals surface area contributed by atoms with E-state index in [1.807, 2.05) is 50.4 Å². The molecule has 1 aliphatic heterocycles. The van der Waals surface area contributed by atoms with Gasteiger partial charge in [-0.25, -0.2) is 0 Å². The van der Waals surface area contributed by atoms with Crippen LogP contribution >= 0.6 is 11.8 Å². The Morgan fingerprint density at radius 2 is 2.11 bits per heavy atom. The average Bonchev–Trinajstić information content (AvgIpc) is 3.32. The molecule has 0 spiro atoms. The number of hydrogen-bond acceptors (Lipinski definition) is 4. The number of amides is 2. The van der Waals surface area contributed by atoms with E-state index >= 15 is 0 Å². The van der Waals surface area contributed by atoms with Crippen molar-refractivity contribution < 1.29 is 9.59 Å². The smallest absolute Gasteiger partial charge is 0.248 e. The molecule has 1 saturated heterocycles. The van der Waals surface area contributed by atoms with Crippen molar-refractivity contribution in [1.29, 1.82) is 0 Å². The molecule has 1 aromatic heterocycles. The maximum absolute atomic E-state index is 13.0. The van der Waals surface area contributed by atoms with E-state index in [9.17, 15) is 9.59 Å². The maximum Gasteiger partial charge on any atom is 0.248 e. The number of rotatable bonds is 4. The van der Waals surface area contributed by atoms with Crippen molar-refractivity contribution in [3.05, 3.63) is 59.4 Å². The van der Waals surface area contributed by atoms with E-state index in [0.29, 0.717) is 11.6 Å². The first-order chi connectivity index (χ1) is 13.0. The number of carbonyl (C=O) groups excluding carboxylic acids is 2. The predicted octanol–water partition coefficient (Wildman–Crippen LogP) is 3.34. The summed E-state index contributed by atoms with van der Waals surface area (Å²) in [4.78, 5) is 31.7. The normalized spacial score (nSPS) is 23.9. The van der Waals surface area contributed by atoms with Crippen LogP contribution in [-0.4, -0.2) is 39.4 Å². The zero-order chi connectivity index (χ0) is 19.0. The van der Waals surface area contributed by atoms with Gasteiger partial charge in [0.1, 0.15) is 6.04 Å². The van der Waals surface area contributed by atoms with Crippen LogP contribution in [0, 0.1) is 19.8 Å².